The zero-order chi connectivity index (χ0) is 12.3. The average molecular weight is 235 g/mol. The molecule has 3 amide bonds. The number of hydrogen-bond donors (Lipinski definition) is 2. The van der Waals surface area contributed by atoms with Crippen LogP contribution in [0.2, 0.25) is 0 Å². The highest BCUT2D eigenvalue weighted by Gasteiger charge is 2.26. The van der Waals surface area contributed by atoms with Gasteiger partial charge in [0.25, 0.3) is 5.91 Å². The van der Waals surface area contributed by atoms with Gasteiger partial charge in [-0.3, -0.25) is 9.69 Å². The first-order valence-electron chi connectivity index (χ1n) is 5.23. The molecule has 1 aromatic rings. The van der Waals surface area contributed by atoms with Crippen molar-refractivity contribution in [2.24, 2.45) is 0 Å². The van der Waals surface area contributed by atoms with Gasteiger partial charge in [-0.2, -0.15) is 0 Å². The Balaban J connectivity index is 1.90. The standard InChI is InChI=1S/C11H13N3O3/c12-8-2-1-3-9(6-8)17-7-10(15)14-5-4-13-11(14)16/h1-3,6H,4-5,7,12H2,(H,13,16). The molecule has 0 aliphatic carbocycles. The number of benzene rings is 1. The van der Waals surface area contributed by atoms with Gasteiger partial charge >= 0.3 is 6.03 Å². The summed E-state index contributed by atoms with van der Waals surface area (Å²) < 4.78 is 5.26. The molecule has 0 saturated carbocycles. The molecule has 0 atom stereocenters. The number of amides is 3. The topological polar surface area (TPSA) is 84.7 Å². The van der Waals surface area contributed by atoms with E-state index in [2.05, 4.69) is 5.32 Å². The molecule has 1 saturated heterocycles. The molecule has 0 aromatic heterocycles. The predicted octanol–water partition coefficient (Wildman–Crippen LogP) is 0.199. The monoisotopic (exact) mass is 235 g/mol. The largest absolute Gasteiger partial charge is 0.484 e. The number of urea groups is 1. The Kier molecular flexibility index (Phi) is 3.13. The molecule has 1 fully saturated rings. The molecular formula is C11H13N3O3. The van der Waals surface area contributed by atoms with Crippen molar-refractivity contribution >= 4 is 17.6 Å². The molecule has 17 heavy (non-hydrogen) atoms. The van der Waals surface area contributed by atoms with Gasteiger partial charge in [0, 0.05) is 24.8 Å². The van der Waals surface area contributed by atoms with Gasteiger partial charge in [0.2, 0.25) is 0 Å². The summed E-state index contributed by atoms with van der Waals surface area (Å²) in [6.45, 7) is 0.706. The highest BCUT2D eigenvalue weighted by Crippen LogP contribution is 2.14. The maximum absolute atomic E-state index is 11.6. The molecule has 6 nitrogen and oxygen atoms in total. The fourth-order valence-corrected chi connectivity index (χ4v) is 1.54. The normalized spacial score (nSPS) is 14.6. The third-order valence-electron chi connectivity index (χ3n) is 2.38. The van der Waals surface area contributed by atoms with Gasteiger partial charge < -0.3 is 15.8 Å². The molecule has 3 N–H and O–H groups in total. The zero-order valence-corrected chi connectivity index (χ0v) is 9.18. The molecule has 1 heterocycles. The number of nitrogen functional groups attached to an aromatic ring is 1. The predicted molar refractivity (Wildman–Crippen MR) is 61.5 cm³/mol. The molecule has 1 aliphatic heterocycles. The van der Waals surface area contributed by atoms with Gasteiger partial charge in [0.05, 0.1) is 0 Å². The summed E-state index contributed by atoms with van der Waals surface area (Å²) in [5.74, 6) is 0.153. The Morgan fingerprint density at radius 3 is 3.00 bits per heavy atom. The summed E-state index contributed by atoms with van der Waals surface area (Å²) in [5, 5.41) is 2.55. The third kappa shape index (κ3) is 2.66. The van der Waals surface area contributed by atoms with Crippen LogP contribution in [-0.4, -0.2) is 36.5 Å². The summed E-state index contributed by atoms with van der Waals surface area (Å²) in [5.41, 5.74) is 6.13. The van der Waals surface area contributed by atoms with Gasteiger partial charge in [-0.15, -0.1) is 0 Å². The van der Waals surface area contributed by atoms with Crippen molar-refractivity contribution in [2.45, 2.75) is 0 Å². The Morgan fingerprint density at radius 1 is 1.53 bits per heavy atom. The van der Waals surface area contributed by atoms with E-state index in [0.29, 0.717) is 24.5 Å². The fraction of sp³-hybridized carbons (Fsp3) is 0.273. The lowest BCUT2D eigenvalue weighted by Crippen LogP contribution is -2.37. The Hall–Kier alpha value is -2.24. The van der Waals surface area contributed by atoms with Crippen LogP contribution in [0.15, 0.2) is 24.3 Å². The number of nitrogens with two attached hydrogens (primary N) is 1. The van der Waals surface area contributed by atoms with E-state index < -0.39 is 0 Å². The van der Waals surface area contributed by atoms with Crippen molar-refractivity contribution in [3.05, 3.63) is 24.3 Å². The minimum atomic E-state index is -0.369. The van der Waals surface area contributed by atoms with Gasteiger partial charge in [0.15, 0.2) is 6.61 Å². The first kappa shape index (κ1) is 11.3. The van der Waals surface area contributed by atoms with Crippen LogP contribution < -0.4 is 15.8 Å². The van der Waals surface area contributed by atoms with E-state index in [0.717, 1.165) is 4.90 Å². The molecular weight excluding hydrogens is 222 g/mol. The van der Waals surface area contributed by atoms with E-state index in [1.807, 2.05) is 0 Å². The maximum Gasteiger partial charge on any atom is 0.324 e. The van der Waals surface area contributed by atoms with Crippen LogP contribution >= 0.6 is 0 Å². The SMILES string of the molecule is Nc1cccc(OCC(=O)N2CCNC2=O)c1. The molecule has 1 aromatic carbocycles. The second-order valence-corrected chi connectivity index (χ2v) is 3.64. The smallest absolute Gasteiger partial charge is 0.324 e. The zero-order valence-electron chi connectivity index (χ0n) is 9.18. The molecule has 0 spiro atoms. The number of nitrogens with one attached hydrogen (secondary N) is 1. The Labute approximate surface area is 98.3 Å². The number of imide groups is 1. The van der Waals surface area contributed by atoms with Gasteiger partial charge in [-0.05, 0) is 12.1 Å². The number of rotatable bonds is 3. The summed E-state index contributed by atoms with van der Waals surface area (Å²) in [7, 11) is 0. The van der Waals surface area contributed by atoms with Gasteiger partial charge in [-0.25, -0.2) is 4.79 Å². The van der Waals surface area contributed by atoms with Crippen molar-refractivity contribution in [1.82, 2.24) is 10.2 Å². The summed E-state index contributed by atoms with van der Waals surface area (Å²) in [4.78, 5) is 24.0. The van der Waals surface area contributed by atoms with Crippen LogP contribution in [0.1, 0.15) is 0 Å². The second kappa shape index (κ2) is 4.73. The van der Waals surface area contributed by atoms with Crippen LogP contribution in [0.5, 0.6) is 5.75 Å². The number of hydrogen-bond acceptors (Lipinski definition) is 4. The molecule has 2 rings (SSSR count). The van der Waals surface area contributed by atoms with Crippen LogP contribution in [0, 0.1) is 0 Å². The minimum absolute atomic E-state index is 0.170. The van der Waals surface area contributed by atoms with Crippen molar-refractivity contribution < 1.29 is 14.3 Å². The highest BCUT2D eigenvalue weighted by atomic mass is 16.5. The van der Waals surface area contributed by atoms with Crippen molar-refractivity contribution in [1.29, 1.82) is 0 Å². The van der Waals surface area contributed by atoms with Crippen LogP contribution in [0.4, 0.5) is 10.5 Å². The number of ether oxygens (including phenoxy) is 1. The molecule has 90 valence electrons. The average Bonchev–Trinajstić information content (AvgIpc) is 2.72. The highest BCUT2D eigenvalue weighted by molar-refractivity contribution is 5.96. The lowest BCUT2D eigenvalue weighted by molar-refractivity contribution is -0.129. The number of nitrogens with zero attached hydrogens (tertiary/aromatic N) is 1. The number of carbonyl (C=O) groups excluding carboxylic acids is 2. The maximum atomic E-state index is 11.6. The van der Waals surface area contributed by atoms with E-state index in [9.17, 15) is 9.59 Å². The summed E-state index contributed by atoms with van der Waals surface area (Å²) >= 11 is 0. The van der Waals surface area contributed by atoms with Crippen molar-refractivity contribution in [2.75, 3.05) is 25.4 Å². The van der Waals surface area contributed by atoms with E-state index in [1.54, 1.807) is 24.3 Å². The first-order chi connectivity index (χ1) is 8.16. The van der Waals surface area contributed by atoms with E-state index in [1.165, 1.54) is 0 Å². The second-order valence-electron chi connectivity index (χ2n) is 3.64. The quantitative estimate of drug-likeness (QED) is 0.733. The minimum Gasteiger partial charge on any atom is -0.484 e. The van der Waals surface area contributed by atoms with Crippen molar-refractivity contribution in [3.63, 3.8) is 0 Å². The van der Waals surface area contributed by atoms with Crippen molar-refractivity contribution in [3.8, 4) is 5.75 Å². The number of carbonyl (C=O) groups is 2. The molecule has 1 aliphatic rings. The molecule has 0 unspecified atom stereocenters. The van der Waals surface area contributed by atoms with E-state index >= 15 is 0 Å². The van der Waals surface area contributed by atoms with Crippen LogP contribution in [0.25, 0.3) is 0 Å². The number of anilines is 1. The molecule has 0 radical (unpaired) electrons. The van der Waals surface area contributed by atoms with E-state index in [-0.39, 0.29) is 18.5 Å². The lowest BCUT2D eigenvalue weighted by Gasteiger charge is -2.12. The fourth-order valence-electron chi connectivity index (χ4n) is 1.54. The molecule has 6 heteroatoms. The Morgan fingerprint density at radius 2 is 2.35 bits per heavy atom. The van der Waals surface area contributed by atoms with E-state index in [4.69, 9.17) is 10.5 Å². The lowest BCUT2D eigenvalue weighted by atomic mass is 10.3. The first-order valence-corrected chi connectivity index (χ1v) is 5.23. The van der Waals surface area contributed by atoms with Crippen LogP contribution in [0.3, 0.4) is 0 Å². The molecule has 0 bridgehead atoms. The summed E-state index contributed by atoms with van der Waals surface area (Å²) in [6.07, 6.45) is 0. The summed E-state index contributed by atoms with van der Waals surface area (Å²) in [6, 6.07) is 6.41. The van der Waals surface area contributed by atoms with Crippen LogP contribution in [-0.2, 0) is 4.79 Å². The van der Waals surface area contributed by atoms with Gasteiger partial charge in [0.1, 0.15) is 5.75 Å². The van der Waals surface area contributed by atoms with Gasteiger partial charge in [-0.1, -0.05) is 6.07 Å². The Bertz CT molecular complexity index is 447. The third-order valence-corrected chi connectivity index (χ3v) is 2.38.